The molecule has 5 nitrogen and oxygen atoms in total. The number of nitrogens with one attached hydrogen (secondary N) is 1. The van der Waals surface area contributed by atoms with E-state index in [2.05, 4.69) is 10.3 Å². The van der Waals surface area contributed by atoms with Gasteiger partial charge in [-0.15, -0.1) is 11.3 Å². The van der Waals surface area contributed by atoms with Gasteiger partial charge < -0.3 is 9.47 Å². The Balaban J connectivity index is 1.66. The third-order valence-electron chi connectivity index (χ3n) is 3.71. The van der Waals surface area contributed by atoms with Gasteiger partial charge in [-0.1, -0.05) is 29.8 Å². The van der Waals surface area contributed by atoms with Crippen LogP contribution in [-0.2, 0) is 4.79 Å². The van der Waals surface area contributed by atoms with Crippen LogP contribution >= 0.6 is 22.9 Å². The highest BCUT2D eigenvalue weighted by molar-refractivity contribution is 7.14. The Kier molecular flexibility index (Phi) is 6.11. The summed E-state index contributed by atoms with van der Waals surface area (Å²) in [6.45, 7) is 0. The number of ether oxygens (including phenoxy) is 2. The van der Waals surface area contributed by atoms with Gasteiger partial charge in [0.1, 0.15) is 0 Å². The van der Waals surface area contributed by atoms with Gasteiger partial charge in [-0.25, -0.2) is 4.98 Å². The second-order valence-electron chi connectivity index (χ2n) is 5.48. The Morgan fingerprint density at radius 3 is 2.56 bits per heavy atom. The van der Waals surface area contributed by atoms with E-state index in [9.17, 15) is 4.79 Å². The molecule has 0 bridgehead atoms. The summed E-state index contributed by atoms with van der Waals surface area (Å²) in [7, 11) is 3.14. The highest BCUT2D eigenvalue weighted by atomic mass is 35.5. The zero-order valence-electron chi connectivity index (χ0n) is 14.7. The van der Waals surface area contributed by atoms with Crippen molar-refractivity contribution in [2.45, 2.75) is 0 Å². The van der Waals surface area contributed by atoms with Crippen molar-refractivity contribution in [2.75, 3.05) is 19.5 Å². The van der Waals surface area contributed by atoms with E-state index < -0.39 is 0 Å². The number of benzene rings is 2. The number of amides is 1. The second kappa shape index (κ2) is 8.70. The van der Waals surface area contributed by atoms with Crippen LogP contribution in [0.5, 0.6) is 11.5 Å². The standard InChI is InChI=1S/C20H17ClN2O3S/c1-25-17-9-3-13(11-18(17)26-2)4-10-19(24)23-20-22-16(12-27-20)14-5-7-15(21)8-6-14/h3-12H,1-2H3,(H,22,23,24)/b10-4-. The molecule has 0 spiro atoms. The molecule has 3 aromatic rings. The lowest BCUT2D eigenvalue weighted by Crippen LogP contribution is -2.07. The highest BCUT2D eigenvalue weighted by Gasteiger charge is 2.07. The van der Waals surface area contributed by atoms with Crippen molar-refractivity contribution in [3.05, 3.63) is 64.5 Å². The average Bonchev–Trinajstić information content (AvgIpc) is 3.15. The summed E-state index contributed by atoms with van der Waals surface area (Å²) in [5, 5.41) is 5.85. The molecule has 1 N–H and O–H groups in total. The van der Waals surface area contributed by atoms with E-state index >= 15 is 0 Å². The van der Waals surface area contributed by atoms with Crippen LogP contribution in [0.4, 0.5) is 5.13 Å². The van der Waals surface area contributed by atoms with Gasteiger partial charge in [-0.3, -0.25) is 10.1 Å². The van der Waals surface area contributed by atoms with Gasteiger partial charge in [0.25, 0.3) is 0 Å². The van der Waals surface area contributed by atoms with Crippen molar-refractivity contribution < 1.29 is 14.3 Å². The first-order valence-electron chi connectivity index (χ1n) is 8.01. The molecule has 2 aromatic carbocycles. The van der Waals surface area contributed by atoms with Gasteiger partial charge in [0, 0.05) is 22.0 Å². The number of thiazole rings is 1. The first-order chi connectivity index (χ1) is 13.1. The summed E-state index contributed by atoms with van der Waals surface area (Å²) >= 11 is 7.26. The molecular weight excluding hydrogens is 384 g/mol. The summed E-state index contributed by atoms with van der Waals surface area (Å²) in [4.78, 5) is 16.6. The Morgan fingerprint density at radius 2 is 1.85 bits per heavy atom. The number of anilines is 1. The van der Waals surface area contributed by atoms with E-state index in [0.717, 1.165) is 16.8 Å². The van der Waals surface area contributed by atoms with Crippen LogP contribution in [0, 0.1) is 0 Å². The first-order valence-corrected chi connectivity index (χ1v) is 9.27. The lowest BCUT2D eigenvalue weighted by Gasteiger charge is -2.07. The largest absolute Gasteiger partial charge is 0.493 e. The van der Waals surface area contributed by atoms with E-state index in [1.165, 1.54) is 17.4 Å². The van der Waals surface area contributed by atoms with Crippen molar-refractivity contribution in [2.24, 2.45) is 0 Å². The SMILES string of the molecule is COc1ccc(/C=C\C(=O)Nc2nc(-c3ccc(Cl)cc3)cs2)cc1OC. The lowest BCUT2D eigenvalue weighted by molar-refractivity contribution is -0.111. The van der Waals surface area contributed by atoms with E-state index in [0.29, 0.717) is 21.7 Å². The lowest BCUT2D eigenvalue weighted by atomic mass is 10.2. The topological polar surface area (TPSA) is 60.5 Å². The van der Waals surface area contributed by atoms with Crippen molar-refractivity contribution in [3.63, 3.8) is 0 Å². The number of hydrogen-bond donors (Lipinski definition) is 1. The summed E-state index contributed by atoms with van der Waals surface area (Å²) in [6, 6.07) is 12.8. The van der Waals surface area contributed by atoms with E-state index in [1.54, 1.807) is 44.6 Å². The zero-order chi connectivity index (χ0) is 19.2. The summed E-state index contributed by atoms with van der Waals surface area (Å²) < 4.78 is 10.5. The van der Waals surface area contributed by atoms with Crippen molar-refractivity contribution >= 4 is 40.1 Å². The van der Waals surface area contributed by atoms with E-state index in [-0.39, 0.29) is 5.91 Å². The molecular formula is C20H17ClN2O3S. The zero-order valence-corrected chi connectivity index (χ0v) is 16.3. The quantitative estimate of drug-likeness (QED) is 0.582. The van der Waals surface area contributed by atoms with Gasteiger partial charge in [0.2, 0.25) is 5.91 Å². The second-order valence-corrected chi connectivity index (χ2v) is 6.78. The molecule has 3 rings (SSSR count). The molecule has 1 aromatic heterocycles. The minimum Gasteiger partial charge on any atom is -0.493 e. The number of aromatic nitrogens is 1. The number of hydrogen-bond acceptors (Lipinski definition) is 5. The fraction of sp³-hybridized carbons (Fsp3) is 0.100. The smallest absolute Gasteiger partial charge is 0.250 e. The van der Waals surface area contributed by atoms with Crippen molar-refractivity contribution in [1.82, 2.24) is 4.98 Å². The Labute approximate surface area is 166 Å². The van der Waals surface area contributed by atoms with Crippen LogP contribution < -0.4 is 14.8 Å². The average molecular weight is 401 g/mol. The number of halogens is 1. The van der Waals surface area contributed by atoms with E-state index in [1.807, 2.05) is 23.6 Å². The molecule has 27 heavy (non-hydrogen) atoms. The van der Waals surface area contributed by atoms with Crippen LogP contribution in [-0.4, -0.2) is 25.1 Å². The van der Waals surface area contributed by atoms with Crippen LogP contribution in [0.1, 0.15) is 5.56 Å². The van der Waals surface area contributed by atoms with Crippen molar-refractivity contribution in [1.29, 1.82) is 0 Å². The van der Waals surface area contributed by atoms with Gasteiger partial charge in [-0.2, -0.15) is 0 Å². The predicted octanol–water partition coefficient (Wildman–Crippen LogP) is 5.13. The molecule has 0 saturated carbocycles. The summed E-state index contributed by atoms with van der Waals surface area (Å²) in [5.41, 5.74) is 2.55. The van der Waals surface area contributed by atoms with E-state index in [4.69, 9.17) is 21.1 Å². The third kappa shape index (κ3) is 4.87. The molecule has 0 aliphatic heterocycles. The Hall–Kier alpha value is -2.83. The van der Waals surface area contributed by atoms with Crippen molar-refractivity contribution in [3.8, 4) is 22.8 Å². The Morgan fingerprint density at radius 1 is 1.11 bits per heavy atom. The predicted molar refractivity (Wildman–Crippen MR) is 110 cm³/mol. The molecule has 0 aliphatic carbocycles. The van der Waals surface area contributed by atoms with Gasteiger partial charge in [0.15, 0.2) is 16.6 Å². The minimum atomic E-state index is -0.262. The highest BCUT2D eigenvalue weighted by Crippen LogP contribution is 2.28. The van der Waals surface area contributed by atoms with Crippen LogP contribution in [0.3, 0.4) is 0 Å². The molecule has 0 saturated heterocycles. The number of methoxy groups -OCH3 is 2. The monoisotopic (exact) mass is 400 g/mol. The fourth-order valence-corrected chi connectivity index (χ4v) is 3.21. The summed E-state index contributed by atoms with van der Waals surface area (Å²) in [6.07, 6.45) is 3.15. The maximum Gasteiger partial charge on any atom is 0.250 e. The molecule has 7 heteroatoms. The van der Waals surface area contributed by atoms with Crippen LogP contribution in [0.2, 0.25) is 5.02 Å². The molecule has 1 amide bonds. The molecule has 1 heterocycles. The number of carbonyl (C=O) groups excluding carboxylic acids is 1. The first kappa shape index (κ1) is 18.9. The molecule has 0 atom stereocenters. The van der Waals surface area contributed by atoms with Crippen LogP contribution in [0.25, 0.3) is 17.3 Å². The maximum absolute atomic E-state index is 12.1. The number of nitrogens with zero attached hydrogens (tertiary/aromatic N) is 1. The molecule has 0 unspecified atom stereocenters. The number of carbonyl (C=O) groups is 1. The molecule has 0 aliphatic rings. The van der Waals surface area contributed by atoms with Crippen LogP contribution in [0.15, 0.2) is 53.9 Å². The maximum atomic E-state index is 12.1. The third-order valence-corrected chi connectivity index (χ3v) is 4.72. The molecule has 0 fully saturated rings. The fourth-order valence-electron chi connectivity index (χ4n) is 2.36. The van der Waals surface area contributed by atoms with Gasteiger partial charge >= 0.3 is 0 Å². The Bertz CT molecular complexity index is 968. The number of rotatable bonds is 6. The van der Waals surface area contributed by atoms with Gasteiger partial charge in [0.05, 0.1) is 19.9 Å². The normalized spacial score (nSPS) is 10.8. The molecule has 0 radical (unpaired) electrons. The molecule has 138 valence electrons. The van der Waals surface area contributed by atoms with Gasteiger partial charge in [-0.05, 0) is 35.9 Å². The summed E-state index contributed by atoms with van der Waals surface area (Å²) in [5.74, 6) is 0.978. The minimum absolute atomic E-state index is 0.262.